The highest BCUT2D eigenvalue weighted by Crippen LogP contribution is 2.10. The second kappa shape index (κ2) is 6.89. The normalized spacial score (nSPS) is 19.8. The molecule has 0 bridgehead atoms. The van der Waals surface area contributed by atoms with Crippen LogP contribution >= 0.6 is 0 Å². The molecule has 1 aliphatic heterocycles. The van der Waals surface area contributed by atoms with Crippen molar-refractivity contribution in [1.82, 2.24) is 10.2 Å². The molecule has 1 rings (SSSR count). The van der Waals surface area contributed by atoms with E-state index in [9.17, 15) is 4.79 Å². The second-order valence-electron chi connectivity index (χ2n) is 4.81. The van der Waals surface area contributed by atoms with Gasteiger partial charge in [-0.25, -0.2) is 0 Å². The van der Waals surface area contributed by atoms with Crippen LogP contribution in [0, 0.1) is 0 Å². The zero-order valence-corrected chi connectivity index (χ0v) is 11.0. The minimum atomic E-state index is -0.0189. The zero-order chi connectivity index (χ0) is 12.0. The van der Waals surface area contributed by atoms with Crippen LogP contribution in [0.4, 0.5) is 0 Å². The van der Waals surface area contributed by atoms with E-state index in [4.69, 9.17) is 0 Å². The van der Waals surface area contributed by atoms with Crippen molar-refractivity contribution in [2.75, 3.05) is 13.1 Å². The van der Waals surface area contributed by atoms with Gasteiger partial charge in [-0.1, -0.05) is 20.3 Å². The quantitative estimate of drug-likeness (QED) is 0.753. The minimum Gasteiger partial charge on any atom is -0.341 e. The summed E-state index contributed by atoms with van der Waals surface area (Å²) in [5.41, 5.74) is 0. The van der Waals surface area contributed by atoms with Crippen LogP contribution < -0.4 is 5.32 Å². The number of likely N-dealkylation sites (tertiary alicyclic amines) is 1. The number of nitrogens with one attached hydrogen (secondary N) is 1. The SMILES string of the molecule is CCCC(CC)NC(C)C(=O)N1CCCC1. The lowest BCUT2D eigenvalue weighted by atomic mass is 10.1. The van der Waals surface area contributed by atoms with Crippen LogP contribution in [-0.2, 0) is 4.79 Å². The summed E-state index contributed by atoms with van der Waals surface area (Å²) < 4.78 is 0. The maximum absolute atomic E-state index is 12.1. The summed E-state index contributed by atoms with van der Waals surface area (Å²) in [7, 11) is 0. The Hall–Kier alpha value is -0.570. The predicted molar refractivity (Wildman–Crippen MR) is 67.4 cm³/mol. The first-order valence-electron chi connectivity index (χ1n) is 6.73. The van der Waals surface area contributed by atoms with Gasteiger partial charge in [0.1, 0.15) is 0 Å². The van der Waals surface area contributed by atoms with Gasteiger partial charge in [0, 0.05) is 19.1 Å². The van der Waals surface area contributed by atoms with Crippen molar-refractivity contribution in [3.05, 3.63) is 0 Å². The average molecular weight is 226 g/mol. The molecule has 1 aliphatic rings. The lowest BCUT2D eigenvalue weighted by molar-refractivity contribution is -0.132. The average Bonchev–Trinajstić information content (AvgIpc) is 2.80. The van der Waals surface area contributed by atoms with Gasteiger partial charge < -0.3 is 10.2 Å². The molecule has 3 nitrogen and oxygen atoms in total. The van der Waals surface area contributed by atoms with E-state index in [2.05, 4.69) is 19.2 Å². The van der Waals surface area contributed by atoms with E-state index < -0.39 is 0 Å². The van der Waals surface area contributed by atoms with Crippen molar-refractivity contribution >= 4 is 5.91 Å². The summed E-state index contributed by atoms with van der Waals surface area (Å²) in [6.45, 7) is 8.28. The fourth-order valence-electron chi connectivity index (χ4n) is 2.39. The molecule has 0 aromatic rings. The molecule has 1 N–H and O–H groups in total. The summed E-state index contributed by atoms with van der Waals surface area (Å²) in [5, 5.41) is 3.45. The Morgan fingerprint density at radius 3 is 2.44 bits per heavy atom. The Morgan fingerprint density at radius 1 is 1.31 bits per heavy atom. The zero-order valence-electron chi connectivity index (χ0n) is 11.0. The number of nitrogens with zero attached hydrogens (tertiary/aromatic N) is 1. The first kappa shape index (κ1) is 13.5. The Labute approximate surface area is 99.6 Å². The van der Waals surface area contributed by atoms with Crippen molar-refractivity contribution in [3.8, 4) is 0 Å². The lowest BCUT2D eigenvalue weighted by Gasteiger charge is -2.25. The molecule has 0 aromatic heterocycles. The molecule has 0 saturated carbocycles. The number of hydrogen-bond acceptors (Lipinski definition) is 2. The highest BCUT2D eigenvalue weighted by molar-refractivity contribution is 5.81. The van der Waals surface area contributed by atoms with Crippen LogP contribution in [-0.4, -0.2) is 36.0 Å². The van der Waals surface area contributed by atoms with E-state index in [1.807, 2.05) is 11.8 Å². The molecule has 1 heterocycles. The van der Waals surface area contributed by atoms with E-state index in [-0.39, 0.29) is 11.9 Å². The molecule has 0 spiro atoms. The molecule has 0 aromatic carbocycles. The highest BCUT2D eigenvalue weighted by atomic mass is 16.2. The first-order valence-corrected chi connectivity index (χ1v) is 6.73. The van der Waals surface area contributed by atoms with Crippen molar-refractivity contribution in [3.63, 3.8) is 0 Å². The second-order valence-corrected chi connectivity index (χ2v) is 4.81. The molecule has 0 radical (unpaired) electrons. The van der Waals surface area contributed by atoms with E-state index in [1.165, 1.54) is 19.3 Å². The third-order valence-corrected chi connectivity index (χ3v) is 3.40. The van der Waals surface area contributed by atoms with Gasteiger partial charge in [-0.15, -0.1) is 0 Å². The summed E-state index contributed by atoms with van der Waals surface area (Å²) in [5.74, 6) is 0.284. The number of carbonyl (C=O) groups excluding carboxylic acids is 1. The van der Waals surface area contributed by atoms with Crippen molar-refractivity contribution in [2.24, 2.45) is 0 Å². The molecule has 2 atom stereocenters. The van der Waals surface area contributed by atoms with Gasteiger partial charge in [-0.05, 0) is 32.6 Å². The van der Waals surface area contributed by atoms with Gasteiger partial charge in [-0.3, -0.25) is 4.79 Å². The number of hydrogen-bond donors (Lipinski definition) is 1. The van der Waals surface area contributed by atoms with Gasteiger partial charge >= 0.3 is 0 Å². The van der Waals surface area contributed by atoms with Gasteiger partial charge in [0.25, 0.3) is 0 Å². The van der Waals surface area contributed by atoms with Crippen LogP contribution in [0.1, 0.15) is 52.9 Å². The molecule has 3 heteroatoms. The number of rotatable bonds is 6. The molecule has 0 aliphatic carbocycles. The molecule has 94 valence electrons. The third-order valence-electron chi connectivity index (χ3n) is 3.40. The topological polar surface area (TPSA) is 32.3 Å². The minimum absolute atomic E-state index is 0.0189. The summed E-state index contributed by atoms with van der Waals surface area (Å²) in [4.78, 5) is 14.1. The molecule has 1 fully saturated rings. The van der Waals surface area contributed by atoms with Crippen LogP contribution in [0.25, 0.3) is 0 Å². The van der Waals surface area contributed by atoms with Crippen LogP contribution in [0.3, 0.4) is 0 Å². The predicted octanol–water partition coefficient (Wildman–Crippen LogP) is 2.17. The maximum atomic E-state index is 12.1. The molecule has 16 heavy (non-hydrogen) atoms. The Kier molecular flexibility index (Phi) is 5.81. The van der Waals surface area contributed by atoms with E-state index in [1.54, 1.807) is 0 Å². The van der Waals surface area contributed by atoms with Crippen molar-refractivity contribution in [2.45, 2.75) is 65.0 Å². The Bertz CT molecular complexity index is 212. The fraction of sp³-hybridized carbons (Fsp3) is 0.923. The van der Waals surface area contributed by atoms with Crippen LogP contribution in [0.2, 0.25) is 0 Å². The molecule has 2 unspecified atom stereocenters. The summed E-state index contributed by atoms with van der Waals surface area (Å²) in [6, 6.07) is 0.473. The Morgan fingerprint density at radius 2 is 1.94 bits per heavy atom. The Balaban J connectivity index is 2.37. The van der Waals surface area contributed by atoms with Gasteiger partial charge in [0.15, 0.2) is 0 Å². The van der Waals surface area contributed by atoms with E-state index >= 15 is 0 Å². The fourth-order valence-corrected chi connectivity index (χ4v) is 2.39. The monoisotopic (exact) mass is 226 g/mol. The van der Waals surface area contributed by atoms with Crippen LogP contribution in [0.5, 0.6) is 0 Å². The number of amides is 1. The largest absolute Gasteiger partial charge is 0.341 e. The van der Waals surface area contributed by atoms with E-state index in [0.29, 0.717) is 6.04 Å². The lowest BCUT2D eigenvalue weighted by Crippen LogP contribution is -2.47. The summed E-state index contributed by atoms with van der Waals surface area (Å²) in [6.07, 6.45) is 5.78. The first-order chi connectivity index (χ1) is 7.69. The van der Waals surface area contributed by atoms with Crippen molar-refractivity contribution < 1.29 is 4.79 Å². The van der Waals surface area contributed by atoms with Gasteiger partial charge in [-0.2, -0.15) is 0 Å². The summed E-state index contributed by atoms with van der Waals surface area (Å²) >= 11 is 0. The molecular weight excluding hydrogens is 200 g/mol. The maximum Gasteiger partial charge on any atom is 0.239 e. The highest BCUT2D eigenvalue weighted by Gasteiger charge is 2.24. The van der Waals surface area contributed by atoms with E-state index in [0.717, 1.165) is 25.9 Å². The molecule has 1 saturated heterocycles. The third kappa shape index (κ3) is 3.78. The van der Waals surface area contributed by atoms with Gasteiger partial charge in [0.2, 0.25) is 5.91 Å². The standard InChI is InChI=1S/C13H26N2O/c1-4-8-12(5-2)14-11(3)13(16)15-9-6-7-10-15/h11-12,14H,4-10H2,1-3H3. The smallest absolute Gasteiger partial charge is 0.239 e. The number of carbonyl (C=O) groups is 1. The van der Waals surface area contributed by atoms with Crippen LogP contribution in [0.15, 0.2) is 0 Å². The molecule has 1 amide bonds. The van der Waals surface area contributed by atoms with Gasteiger partial charge in [0.05, 0.1) is 6.04 Å². The molecular formula is C13H26N2O. The van der Waals surface area contributed by atoms with Crippen molar-refractivity contribution in [1.29, 1.82) is 0 Å².